The van der Waals surface area contributed by atoms with Crippen LogP contribution in [0.1, 0.15) is 40.0 Å². The molecule has 2 rings (SSSR count). The highest BCUT2D eigenvalue weighted by atomic mass is 19.1. The monoisotopic (exact) mass is 229 g/mol. The maximum atomic E-state index is 12.4. The van der Waals surface area contributed by atoms with E-state index >= 15 is 0 Å². The summed E-state index contributed by atoms with van der Waals surface area (Å²) >= 11 is 0. The van der Waals surface area contributed by atoms with Crippen LogP contribution in [0.3, 0.4) is 0 Å². The quantitative estimate of drug-likeness (QED) is 0.692. The molecule has 16 heavy (non-hydrogen) atoms. The first-order valence-electron chi connectivity index (χ1n) is 5.93. The topological polar surface area (TPSA) is 29.5 Å². The van der Waals surface area contributed by atoms with Crippen LogP contribution in [0, 0.1) is 5.92 Å². The summed E-state index contributed by atoms with van der Waals surface area (Å²) in [7, 11) is 0. The molecule has 0 aromatic carbocycles. The van der Waals surface area contributed by atoms with Gasteiger partial charge in [-0.15, -0.1) is 0 Å². The summed E-state index contributed by atoms with van der Waals surface area (Å²) in [5.74, 6) is 0.158. The average molecular weight is 229 g/mol. The van der Waals surface area contributed by atoms with E-state index in [2.05, 4.69) is 0 Å². The van der Waals surface area contributed by atoms with Crippen molar-refractivity contribution < 1.29 is 13.9 Å². The highest BCUT2D eigenvalue weighted by molar-refractivity contribution is 5.70. The third kappa shape index (κ3) is 1.89. The van der Waals surface area contributed by atoms with Gasteiger partial charge in [-0.25, -0.2) is 4.79 Å². The summed E-state index contributed by atoms with van der Waals surface area (Å²) < 4.78 is 17.7. The molecule has 2 fully saturated rings. The summed E-state index contributed by atoms with van der Waals surface area (Å²) in [5.41, 5.74) is -0.504. The molecule has 1 aliphatic heterocycles. The molecular weight excluding hydrogens is 209 g/mol. The van der Waals surface area contributed by atoms with Crippen molar-refractivity contribution in [3.8, 4) is 0 Å². The number of carbonyl (C=O) groups is 1. The Morgan fingerprint density at radius 3 is 2.50 bits per heavy atom. The van der Waals surface area contributed by atoms with E-state index in [1.807, 2.05) is 20.8 Å². The number of ether oxygens (including phenoxy) is 1. The van der Waals surface area contributed by atoms with Gasteiger partial charge in [-0.2, -0.15) is 0 Å². The maximum Gasteiger partial charge on any atom is 0.410 e. The molecule has 0 aromatic rings. The molecule has 1 aliphatic carbocycles. The van der Waals surface area contributed by atoms with Crippen LogP contribution in [0.4, 0.5) is 9.18 Å². The molecule has 3 nitrogen and oxygen atoms in total. The second-order valence-corrected chi connectivity index (χ2v) is 6.03. The van der Waals surface area contributed by atoms with Crippen LogP contribution in [0.2, 0.25) is 0 Å². The predicted octanol–water partition coefficient (Wildman–Crippen LogP) is 2.75. The van der Waals surface area contributed by atoms with Gasteiger partial charge < -0.3 is 9.64 Å². The van der Waals surface area contributed by atoms with Gasteiger partial charge >= 0.3 is 6.09 Å². The minimum atomic E-state index is -0.447. The molecule has 0 aromatic heterocycles. The Morgan fingerprint density at radius 2 is 2.12 bits per heavy atom. The van der Waals surface area contributed by atoms with E-state index in [1.165, 1.54) is 0 Å². The molecule has 1 heterocycles. The molecule has 4 heteroatoms. The maximum absolute atomic E-state index is 12.4. The molecule has 0 atom stereocenters. The van der Waals surface area contributed by atoms with Crippen molar-refractivity contribution in [1.82, 2.24) is 4.90 Å². The second kappa shape index (κ2) is 3.60. The fourth-order valence-corrected chi connectivity index (χ4v) is 2.69. The Morgan fingerprint density at radius 1 is 1.50 bits per heavy atom. The number of rotatable bonds is 1. The standard InChI is InChI=1S/C12H20FNO2/c1-11(2,3)16-10(15)14-5-4-12(14)6-9(7-12)8-13/h9H,4-8H2,1-3H3. The van der Waals surface area contributed by atoms with E-state index in [0.29, 0.717) is 0 Å². The van der Waals surface area contributed by atoms with E-state index in [9.17, 15) is 9.18 Å². The third-order valence-corrected chi connectivity index (χ3v) is 3.54. The molecule has 92 valence electrons. The predicted molar refractivity (Wildman–Crippen MR) is 59.0 cm³/mol. The van der Waals surface area contributed by atoms with Crippen LogP contribution in [-0.4, -0.2) is 35.4 Å². The van der Waals surface area contributed by atoms with Gasteiger partial charge in [0.2, 0.25) is 0 Å². The lowest BCUT2D eigenvalue weighted by Crippen LogP contribution is -2.68. The number of hydrogen-bond donors (Lipinski definition) is 0. The Labute approximate surface area is 95.9 Å². The van der Waals surface area contributed by atoms with Crippen LogP contribution in [0.5, 0.6) is 0 Å². The Hall–Kier alpha value is -0.800. The number of carbonyl (C=O) groups excluding carboxylic acids is 1. The van der Waals surface area contributed by atoms with Crippen LogP contribution in [0.25, 0.3) is 0 Å². The molecular formula is C12H20FNO2. The Kier molecular flexibility index (Phi) is 2.63. The number of hydrogen-bond acceptors (Lipinski definition) is 2. The zero-order chi connectivity index (χ0) is 12.0. The Bertz CT molecular complexity index is 292. The summed E-state index contributed by atoms with van der Waals surface area (Å²) in [5, 5.41) is 0. The number of amides is 1. The molecule has 0 unspecified atom stereocenters. The first kappa shape index (κ1) is 11.7. The normalized spacial score (nSPS) is 33.2. The van der Waals surface area contributed by atoms with Crippen molar-refractivity contribution >= 4 is 6.09 Å². The third-order valence-electron chi connectivity index (χ3n) is 3.54. The summed E-state index contributed by atoms with van der Waals surface area (Å²) in [6.45, 7) is 6.09. The lowest BCUT2D eigenvalue weighted by Gasteiger charge is -2.60. The van der Waals surface area contributed by atoms with Crippen molar-refractivity contribution in [2.75, 3.05) is 13.2 Å². The van der Waals surface area contributed by atoms with Gasteiger partial charge in [0.25, 0.3) is 0 Å². The minimum absolute atomic E-state index is 0.0565. The number of nitrogens with zero attached hydrogens (tertiary/aromatic N) is 1. The van der Waals surface area contributed by atoms with Gasteiger partial charge in [-0.3, -0.25) is 4.39 Å². The fraction of sp³-hybridized carbons (Fsp3) is 0.917. The van der Waals surface area contributed by atoms with Crippen molar-refractivity contribution in [2.24, 2.45) is 5.92 Å². The van der Waals surface area contributed by atoms with Gasteiger partial charge in [0.15, 0.2) is 0 Å². The van der Waals surface area contributed by atoms with Gasteiger partial charge in [0.05, 0.1) is 6.67 Å². The molecule has 1 saturated heterocycles. The largest absolute Gasteiger partial charge is 0.444 e. The van der Waals surface area contributed by atoms with Crippen LogP contribution in [0.15, 0.2) is 0 Å². The van der Waals surface area contributed by atoms with Crippen molar-refractivity contribution in [1.29, 1.82) is 0 Å². The zero-order valence-corrected chi connectivity index (χ0v) is 10.3. The molecule has 0 bridgehead atoms. The highest BCUT2D eigenvalue weighted by Gasteiger charge is 2.56. The van der Waals surface area contributed by atoms with Gasteiger partial charge in [0.1, 0.15) is 5.60 Å². The van der Waals surface area contributed by atoms with Crippen LogP contribution in [-0.2, 0) is 4.74 Å². The van der Waals surface area contributed by atoms with E-state index in [4.69, 9.17) is 4.74 Å². The van der Waals surface area contributed by atoms with Gasteiger partial charge in [-0.05, 0) is 46.0 Å². The van der Waals surface area contributed by atoms with Crippen molar-refractivity contribution in [3.63, 3.8) is 0 Å². The number of alkyl halides is 1. The summed E-state index contributed by atoms with van der Waals surface area (Å²) in [6.07, 6.45) is 2.38. The minimum Gasteiger partial charge on any atom is -0.444 e. The molecule has 2 aliphatic rings. The van der Waals surface area contributed by atoms with Gasteiger partial charge in [0, 0.05) is 12.1 Å². The van der Waals surface area contributed by atoms with E-state index in [1.54, 1.807) is 4.90 Å². The summed E-state index contributed by atoms with van der Waals surface area (Å²) in [6, 6.07) is 0. The first-order valence-corrected chi connectivity index (χ1v) is 5.93. The lowest BCUT2D eigenvalue weighted by atomic mass is 9.62. The van der Waals surface area contributed by atoms with Crippen LogP contribution < -0.4 is 0 Å². The number of halogens is 1. The summed E-state index contributed by atoms with van der Waals surface area (Å²) in [4.78, 5) is 13.6. The first-order chi connectivity index (χ1) is 7.36. The molecule has 0 radical (unpaired) electrons. The smallest absolute Gasteiger partial charge is 0.410 e. The van der Waals surface area contributed by atoms with Crippen molar-refractivity contribution in [3.05, 3.63) is 0 Å². The van der Waals surface area contributed by atoms with E-state index in [-0.39, 0.29) is 24.2 Å². The zero-order valence-electron chi connectivity index (χ0n) is 10.3. The fourth-order valence-electron chi connectivity index (χ4n) is 2.69. The SMILES string of the molecule is CC(C)(C)OC(=O)N1CCC12CC(CF)C2. The van der Waals surface area contributed by atoms with Gasteiger partial charge in [-0.1, -0.05) is 0 Å². The van der Waals surface area contributed by atoms with Crippen LogP contribution >= 0.6 is 0 Å². The van der Waals surface area contributed by atoms with E-state index < -0.39 is 5.60 Å². The molecule has 1 amide bonds. The van der Waals surface area contributed by atoms with Crippen molar-refractivity contribution in [2.45, 2.75) is 51.2 Å². The Balaban J connectivity index is 1.90. The average Bonchev–Trinajstić information content (AvgIpc) is 1.96. The highest BCUT2D eigenvalue weighted by Crippen LogP contribution is 2.51. The molecule has 1 spiro atoms. The number of likely N-dealkylation sites (tertiary alicyclic amines) is 1. The van der Waals surface area contributed by atoms with E-state index in [0.717, 1.165) is 25.8 Å². The molecule has 1 saturated carbocycles. The molecule has 0 N–H and O–H groups in total. The lowest BCUT2D eigenvalue weighted by molar-refractivity contribution is -0.106. The second-order valence-electron chi connectivity index (χ2n) is 6.03.